The van der Waals surface area contributed by atoms with Crippen molar-refractivity contribution < 1.29 is 0 Å². The molecule has 1 heterocycles. The second-order valence-electron chi connectivity index (χ2n) is 3.38. The Labute approximate surface area is 112 Å². The second kappa shape index (κ2) is 5.33. The summed E-state index contributed by atoms with van der Waals surface area (Å²) in [7, 11) is 0. The van der Waals surface area contributed by atoms with E-state index in [0.29, 0.717) is 27.9 Å². The molecule has 0 aliphatic heterocycles. The van der Waals surface area contributed by atoms with Crippen LogP contribution in [0.5, 0.6) is 0 Å². The molecule has 2 aromatic rings. The average molecular weight is 314 g/mol. The van der Waals surface area contributed by atoms with Gasteiger partial charge in [0, 0.05) is 17.6 Å². The van der Waals surface area contributed by atoms with Crippen LogP contribution < -0.4 is 11.1 Å². The van der Waals surface area contributed by atoms with Crippen LogP contribution in [0.3, 0.4) is 0 Å². The number of nitrogens with one attached hydrogen (secondary N) is 1. The normalized spacial score (nSPS) is 10.2. The molecule has 0 saturated heterocycles. The van der Waals surface area contributed by atoms with E-state index in [9.17, 15) is 0 Å². The Bertz CT molecular complexity index is 512. The Morgan fingerprint density at radius 1 is 1.29 bits per heavy atom. The number of nitrogens with two attached hydrogens (primary N) is 1. The summed E-state index contributed by atoms with van der Waals surface area (Å²) in [4.78, 5) is 8.21. The lowest BCUT2D eigenvalue weighted by Gasteiger charge is -2.07. The SMILES string of the molecule is Nc1cc(Br)nc(NCc2ccccc2Cl)n1. The smallest absolute Gasteiger partial charge is 0.225 e. The van der Waals surface area contributed by atoms with E-state index < -0.39 is 0 Å². The Hall–Kier alpha value is -1.33. The number of aromatic nitrogens is 2. The molecule has 0 amide bonds. The summed E-state index contributed by atoms with van der Waals surface area (Å²) in [6.45, 7) is 0.551. The van der Waals surface area contributed by atoms with E-state index in [4.69, 9.17) is 17.3 Å². The van der Waals surface area contributed by atoms with Gasteiger partial charge in [0.1, 0.15) is 10.4 Å². The molecule has 1 aromatic carbocycles. The Balaban J connectivity index is 2.10. The standard InChI is InChI=1S/C11H10BrClN4/c12-9-5-10(14)17-11(16-9)15-6-7-3-1-2-4-8(7)13/h1-5H,6H2,(H3,14,15,16,17). The van der Waals surface area contributed by atoms with Gasteiger partial charge in [-0.1, -0.05) is 29.8 Å². The van der Waals surface area contributed by atoms with Crippen molar-refractivity contribution in [2.45, 2.75) is 6.54 Å². The molecule has 88 valence electrons. The molecule has 0 atom stereocenters. The highest BCUT2D eigenvalue weighted by atomic mass is 79.9. The second-order valence-corrected chi connectivity index (χ2v) is 4.60. The Morgan fingerprint density at radius 2 is 2.06 bits per heavy atom. The molecule has 4 nitrogen and oxygen atoms in total. The maximum atomic E-state index is 6.04. The molecule has 0 bridgehead atoms. The fourth-order valence-electron chi connectivity index (χ4n) is 1.33. The fraction of sp³-hybridized carbons (Fsp3) is 0.0909. The number of nitrogens with zero attached hydrogens (tertiary/aromatic N) is 2. The summed E-state index contributed by atoms with van der Waals surface area (Å²) in [6.07, 6.45) is 0. The predicted molar refractivity (Wildman–Crippen MR) is 72.9 cm³/mol. The van der Waals surface area contributed by atoms with Gasteiger partial charge in [-0.05, 0) is 27.6 Å². The quantitative estimate of drug-likeness (QED) is 0.855. The van der Waals surface area contributed by atoms with Gasteiger partial charge in [-0.25, -0.2) is 4.98 Å². The zero-order valence-corrected chi connectivity index (χ0v) is 11.2. The maximum Gasteiger partial charge on any atom is 0.225 e. The number of benzene rings is 1. The predicted octanol–water partition coefficient (Wildman–Crippen LogP) is 3.09. The lowest BCUT2D eigenvalue weighted by Crippen LogP contribution is -2.05. The molecule has 3 N–H and O–H groups in total. The first-order valence-corrected chi connectivity index (χ1v) is 6.09. The van der Waals surface area contributed by atoms with E-state index >= 15 is 0 Å². The lowest BCUT2D eigenvalue weighted by molar-refractivity contribution is 1.05. The highest BCUT2D eigenvalue weighted by Gasteiger charge is 2.02. The molecule has 0 aliphatic carbocycles. The Morgan fingerprint density at radius 3 is 2.76 bits per heavy atom. The van der Waals surface area contributed by atoms with Gasteiger partial charge in [-0.2, -0.15) is 4.98 Å². The molecule has 17 heavy (non-hydrogen) atoms. The van der Waals surface area contributed by atoms with Gasteiger partial charge >= 0.3 is 0 Å². The van der Waals surface area contributed by atoms with E-state index in [1.807, 2.05) is 24.3 Å². The molecular weight excluding hydrogens is 304 g/mol. The first kappa shape index (κ1) is 12.1. The third-order valence-electron chi connectivity index (χ3n) is 2.11. The van der Waals surface area contributed by atoms with Crippen molar-refractivity contribution in [2.75, 3.05) is 11.1 Å². The summed E-state index contributed by atoms with van der Waals surface area (Å²) < 4.78 is 0.645. The van der Waals surface area contributed by atoms with Crippen LogP contribution in [0.15, 0.2) is 34.9 Å². The number of nitrogen functional groups attached to an aromatic ring is 1. The molecule has 0 spiro atoms. The Kier molecular flexibility index (Phi) is 3.81. The highest BCUT2D eigenvalue weighted by molar-refractivity contribution is 9.10. The molecule has 0 aliphatic rings. The van der Waals surface area contributed by atoms with Crippen LogP contribution in [0.25, 0.3) is 0 Å². The summed E-state index contributed by atoms with van der Waals surface area (Å²) >= 11 is 9.29. The van der Waals surface area contributed by atoms with Crippen LogP contribution in [-0.2, 0) is 6.54 Å². The molecular formula is C11H10BrClN4. The van der Waals surface area contributed by atoms with Crippen molar-refractivity contribution in [3.63, 3.8) is 0 Å². The van der Waals surface area contributed by atoms with Gasteiger partial charge in [0.25, 0.3) is 0 Å². The fourth-order valence-corrected chi connectivity index (χ4v) is 1.94. The zero-order valence-electron chi connectivity index (χ0n) is 8.82. The number of halogens is 2. The molecule has 2 rings (SSSR count). The van der Waals surface area contributed by atoms with Gasteiger partial charge in [0.05, 0.1) is 0 Å². The van der Waals surface area contributed by atoms with E-state index in [2.05, 4.69) is 31.2 Å². The summed E-state index contributed by atoms with van der Waals surface area (Å²) in [6, 6.07) is 9.24. The lowest BCUT2D eigenvalue weighted by atomic mass is 10.2. The monoisotopic (exact) mass is 312 g/mol. The van der Waals surface area contributed by atoms with Crippen molar-refractivity contribution in [3.05, 3.63) is 45.5 Å². The first-order chi connectivity index (χ1) is 8.15. The first-order valence-electron chi connectivity index (χ1n) is 4.92. The number of hydrogen-bond acceptors (Lipinski definition) is 4. The largest absolute Gasteiger partial charge is 0.383 e. The topological polar surface area (TPSA) is 63.8 Å². The van der Waals surface area contributed by atoms with Gasteiger partial charge in [0.15, 0.2) is 0 Å². The van der Waals surface area contributed by atoms with Crippen molar-refractivity contribution in [1.82, 2.24) is 9.97 Å². The van der Waals surface area contributed by atoms with Crippen LogP contribution in [0.2, 0.25) is 5.02 Å². The number of rotatable bonds is 3. The van der Waals surface area contributed by atoms with E-state index in [-0.39, 0.29) is 0 Å². The minimum absolute atomic E-state index is 0.411. The minimum atomic E-state index is 0.411. The molecule has 0 unspecified atom stereocenters. The van der Waals surface area contributed by atoms with Crippen LogP contribution >= 0.6 is 27.5 Å². The van der Waals surface area contributed by atoms with Crippen molar-refractivity contribution in [1.29, 1.82) is 0 Å². The molecule has 6 heteroatoms. The molecule has 0 fully saturated rings. The van der Waals surface area contributed by atoms with Gasteiger partial charge in [0.2, 0.25) is 5.95 Å². The highest BCUT2D eigenvalue weighted by Crippen LogP contribution is 2.17. The van der Waals surface area contributed by atoms with Crippen LogP contribution in [0.4, 0.5) is 11.8 Å². The van der Waals surface area contributed by atoms with E-state index in [0.717, 1.165) is 5.56 Å². The number of hydrogen-bond donors (Lipinski definition) is 2. The van der Waals surface area contributed by atoms with Crippen LogP contribution in [-0.4, -0.2) is 9.97 Å². The molecule has 0 radical (unpaired) electrons. The van der Waals surface area contributed by atoms with Crippen molar-refractivity contribution in [3.8, 4) is 0 Å². The van der Waals surface area contributed by atoms with Gasteiger partial charge in [-0.15, -0.1) is 0 Å². The van der Waals surface area contributed by atoms with Crippen LogP contribution in [0.1, 0.15) is 5.56 Å². The van der Waals surface area contributed by atoms with Gasteiger partial charge in [-0.3, -0.25) is 0 Å². The van der Waals surface area contributed by atoms with Gasteiger partial charge < -0.3 is 11.1 Å². The van der Waals surface area contributed by atoms with Crippen molar-refractivity contribution >= 4 is 39.3 Å². The number of anilines is 2. The van der Waals surface area contributed by atoms with Crippen molar-refractivity contribution in [2.24, 2.45) is 0 Å². The summed E-state index contributed by atoms with van der Waals surface area (Å²) in [5, 5.41) is 3.78. The molecule has 0 saturated carbocycles. The summed E-state index contributed by atoms with van der Waals surface area (Å²) in [5.41, 5.74) is 6.59. The van der Waals surface area contributed by atoms with E-state index in [1.54, 1.807) is 6.07 Å². The third kappa shape index (κ3) is 3.31. The van der Waals surface area contributed by atoms with Crippen LogP contribution in [0, 0.1) is 0 Å². The average Bonchev–Trinajstić information content (AvgIpc) is 2.27. The third-order valence-corrected chi connectivity index (χ3v) is 2.88. The minimum Gasteiger partial charge on any atom is -0.383 e. The summed E-state index contributed by atoms with van der Waals surface area (Å²) in [5.74, 6) is 0.880. The molecule has 1 aromatic heterocycles. The maximum absolute atomic E-state index is 6.04. The zero-order chi connectivity index (χ0) is 12.3. The van der Waals surface area contributed by atoms with E-state index in [1.165, 1.54) is 0 Å².